The fourth-order valence-electron chi connectivity index (χ4n) is 5.50. The van der Waals surface area contributed by atoms with Gasteiger partial charge < -0.3 is 25.6 Å². The van der Waals surface area contributed by atoms with E-state index in [1.807, 2.05) is 24.3 Å². The molecule has 230 valence electrons. The van der Waals surface area contributed by atoms with Gasteiger partial charge >= 0.3 is 0 Å². The molecule has 2 aromatic heterocycles. The number of nitriles is 1. The number of carbonyl (C=O) groups excluding carboxylic acids is 2. The Labute approximate surface area is 261 Å². The highest BCUT2D eigenvalue weighted by Crippen LogP contribution is 2.33. The molecular weight excluding hydrogens is 603 g/mol. The molecule has 4 heterocycles. The van der Waals surface area contributed by atoms with Crippen LogP contribution in [0.5, 0.6) is 0 Å². The SMILES string of the molecule is N#Cc1nc2[nH]c1-c1ccccc1N[C@@H](C(=O)N1CC(O)C1)CCCC[C@@H]2NC(=O)C=Cc1c(-n2cnnn2)ccc(Cl)c1F. The maximum absolute atomic E-state index is 15.0. The van der Waals surface area contributed by atoms with Crippen LogP contribution < -0.4 is 10.6 Å². The fraction of sp³-hybridized carbons (Fsp3) is 0.300. The molecule has 0 spiro atoms. The number of nitrogens with one attached hydrogen (secondary N) is 3. The van der Waals surface area contributed by atoms with Gasteiger partial charge in [0.1, 0.15) is 24.3 Å². The van der Waals surface area contributed by atoms with Gasteiger partial charge in [-0.3, -0.25) is 9.59 Å². The number of imidazole rings is 1. The summed E-state index contributed by atoms with van der Waals surface area (Å²) in [6, 6.07) is 11.2. The quantitative estimate of drug-likeness (QED) is 0.241. The number of benzene rings is 2. The van der Waals surface area contributed by atoms with E-state index in [1.54, 1.807) is 4.90 Å². The van der Waals surface area contributed by atoms with Gasteiger partial charge in [0.15, 0.2) is 11.5 Å². The molecule has 2 atom stereocenters. The number of hydrogen-bond donors (Lipinski definition) is 4. The first-order chi connectivity index (χ1) is 21.8. The van der Waals surface area contributed by atoms with Gasteiger partial charge in [-0.25, -0.2) is 9.37 Å². The number of aromatic amines is 1. The van der Waals surface area contributed by atoms with Gasteiger partial charge in [0.25, 0.3) is 0 Å². The van der Waals surface area contributed by atoms with E-state index in [2.05, 4.69) is 42.2 Å². The summed E-state index contributed by atoms with van der Waals surface area (Å²) in [7, 11) is 0. The molecular formula is C30H28ClFN10O3. The molecule has 0 unspecified atom stereocenters. The number of aliphatic hydroxyl groups is 1. The summed E-state index contributed by atoms with van der Waals surface area (Å²) in [5.74, 6) is -0.985. The predicted molar refractivity (Wildman–Crippen MR) is 161 cm³/mol. The number of amides is 2. The van der Waals surface area contributed by atoms with E-state index in [0.717, 1.165) is 0 Å². The second-order valence-corrected chi connectivity index (χ2v) is 11.2. The van der Waals surface area contributed by atoms with Gasteiger partial charge in [-0.2, -0.15) is 9.94 Å². The van der Waals surface area contributed by atoms with Gasteiger partial charge in [-0.15, -0.1) is 5.10 Å². The largest absolute Gasteiger partial charge is 0.389 e. The van der Waals surface area contributed by atoms with E-state index in [0.29, 0.717) is 61.5 Å². The average Bonchev–Trinajstić information content (AvgIpc) is 3.71. The van der Waals surface area contributed by atoms with E-state index >= 15 is 4.39 Å². The Hall–Kier alpha value is -5.13. The number of halogens is 2. The minimum atomic E-state index is -0.738. The molecule has 0 radical (unpaired) electrons. The molecule has 1 fully saturated rings. The molecule has 2 amide bonds. The first-order valence-corrected chi connectivity index (χ1v) is 14.7. The Balaban J connectivity index is 1.29. The molecule has 2 bridgehead atoms. The molecule has 15 heteroatoms. The monoisotopic (exact) mass is 630 g/mol. The number of nitrogens with zero attached hydrogens (tertiary/aromatic N) is 7. The van der Waals surface area contributed by atoms with Crippen LogP contribution in [0.15, 0.2) is 48.8 Å². The summed E-state index contributed by atoms with van der Waals surface area (Å²) < 4.78 is 16.3. The lowest BCUT2D eigenvalue weighted by Crippen LogP contribution is -2.57. The molecule has 2 aromatic carbocycles. The van der Waals surface area contributed by atoms with Crippen molar-refractivity contribution in [3.05, 3.63) is 76.7 Å². The van der Waals surface area contributed by atoms with Crippen LogP contribution in [0.2, 0.25) is 5.02 Å². The lowest BCUT2D eigenvalue weighted by atomic mass is 10.00. The van der Waals surface area contributed by atoms with E-state index in [1.165, 1.54) is 35.3 Å². The van der Waals surface area contributed by atoms with Crippen LogP contribution in [0.4, 0.5) is 10.1 Å². The van der Waals surface area contributed by atoms with Gasteiger partial charge in [0.2, 0.25) is 11.8 Å². The summed E-state index contributed by atoms with van der Waals surface area (Å²) in [6.45, 7) is 0.581. The summed E-state index contributed by atoms with van der Waals surface area (Å²) in [5.41, 5.74) is 2.18. The topological polar surface area (TPSA) is 178 Å². The zero-order valence-electron chi connectivity index (χ0n) is 23.8. The summed E-state index contributed by atoms with van der Waals surface area (Å²) in [4.78, 5) is 35.9. The Bertz CT molecular complexity index is 1800. The number of hydrogen-bond acceptors (Lipinski definition) is 9. The van der Waals surface area contributed by atoms with Crippen molar-refractivity contribution >= 4 is 35.2 Å². The molecule has 4 N–H and O–H groups in total. The van der Waals surface area contributed by atoms with Crippen LogP contribution in [-0.4, -0.2) is 77.2 Å². The van der Waals surface area contributed by atoms with Gasteiger partial charge in [0, 0.05) is 36.0 Å². The highest BCUT2D eigenvalue weighted by Gasteiger charge is 2.34. The fourth-order valence-corrected chi connectivity index (χ4v) is 5.66. The maximum atomic E-state index is 15.0. The lowest BCUT2D eigenvalue weighted by Gasteiger charge is -2.38. The van der Waals surface area contributed by atoms with Crippen molar-refractivity contribution in [1.29, 1.82) is 5.26 Å². The van der Waals surface area contributed by atoms with E-state index in [4.69, 9.17) is 11.6 Å². The van der Waals surface area contributed by atoms with Gasteiger partial charge in [0.05, 0.1) is 28.5 Å². The number of H-pyrrole nitrogens is 1. The van der Waals surface area contributed by atoms with Crippen LogP contribution in [-0.2, 0) is 9.59 Å². The van der Waals surface area contributed by atoms with Crippen molar-refractivity contribution in [2.75, 3.05) is 18.4 Å². The number of para-hydroxylation sites is 1. The van der Waals surface area contributed by atoms with Gasteiger partial charge in [-0.1, -0.05) is 42.6 Å². The number of likely N-dealkylation sites (tertiary alicyclic amines) is 1. The summed E-state index contributed by atoms with van der Waals surface area (Å²) in [5, 5.41) is 36.8. The standard InChI is InChI=1S/C30H28ClFN10O3/c31-20-10-11-25(42-16-34-39-40-42)19(27(20)32)9-12-26(44)36-22-7-3-4-8-23(30(45)41-14-17(43)15-41)35-21-6-2-1-5-18(21)28-24(13-33)37-29(22)38-28/h1-2,5-6,9-12,16-17,22-23,35,43H,3-4,7-8,14-15H2,(H,36,44)(H,37,38)/t22-,23+/m0/s1. The number of anilines is 1. The molecule has 1 saturated heterocycles. The number of tetrazole rings is 1. The number of fused-ring (bicyclic) bond motifs is 4. The summed E-state index contributed by atoms with van der Waals surface area (Å²) >= 11 is 6.01. The zero-order chi connectivity index (χ0) is 31.5. The van der Waals surface area contributed by atoms with Crippen LogP contribution >= 0.6 is 11.6 Å². The number of β-amino-alcohol motifs (C(OH)–C–C–N with tert-alkyl or cyclic N) is 1. The van der Waals surface area contributed by atoms with Crippen LogP contribution in [0, 0.1) is 17.1 Å². The van der Waals surface area contributed by atoms with Crippen molar-refractivity contribution in [2.45, 2.75) is 43.9 Å². The molecule has 6 rings (SSSR count). The maximum Gasteiger partial charge on any atom is 0.245 e. The molecule has 2 aliphatic rings. The average molecular weight is 631 g/mol. The van der Waals surface area contributed by atoms with E-state index in [-0.39, 0.29) is 27.9 Å². The lowest BCUT2D eigenvalue weighted by molar-refractivity contribution is -0.142. The highest BCUT2D eigenvalue weighted by molar-refractivity contribution is 6.31. The minimum absolute atomic E-state index is 0.0187. The Morgan fingerprint density at radius 3 is 2.73 bits per heavy atom. The van der Waals surface area contributed by atoms with Crippen molar-refractivity contribution in [1.82, 2.24) is 40.4 Å². The second-order valence-electron chi connectivity index (χ2n) is 10.8. The van der Waals surface area contributed by atoms with E-state index < -0.39 is 29.9 Å². The Morgan fingerprint density at radius 1 is 1.18 bits per heavy atom. The molecule has 0 saturated carbocycles. The third-order valence-electron chi connectivity index (χ3n) is 7.82. The third kappa shape index (κ3) is 6.26. The molecule has 0 aliphatic carbocycles. The van der Waals surface area contributed by atoms with Crippen molar-refractivity contribution in [3.63, 3.8) is 0 Å². The molecule has 2 aliphatic heterocycles. The third-order valence-corrected chi connectivity index (χ3v) is 8.11. The summed E-state index contributed by atoms with van der Waals surface area (Å²) in [6.07, 6.45) is 5.48. The highest BCUT2D eigenvalue weighted by atomic mass is 35.5. The van der Waals surface area contributed by atoms with Crippen LogP contribution in [0.1, 0.15) is 48.8 Å². The van der Waals surface area contributed by atoms with E-state index in [9.17, 15) is 20.0 Å². The van der Waals surface area contributed by atoms with Gasteiger partial charge in [-0.05, 0) is 47.5 Å². The minimum Gasteiger partial charge on any atom is -0.389 e. The first-order valence-electron chi connectivity index (χ1n) is 14.3. The number of aromatic nitrogens is 6. The normalized spacial score (nSPS) is 18.6. The Kier molecular flexibility index (Phi) is 8.54. The molecule has 13 nitrogen and oxygen atoms in total. The van der Waals surface area contributed by atoms with Crippen LogP contribution in [0.3, 0.4) is 0 Å². The number of aliphatic hydroxyl groups excluding tert-OH is 1. The van der Waals surface area contributed by atoms with Crippen molar-refractivity contribution in [2.24, 2.45) is 0 Å². The Morgan fingerprint density at radius 2 is 1.98 bits per heavy atom. The number of carbonyl (C=O) groups is 2. The van der Waals surface area contributed by atoms with Crippen molar-refractivity contribution < 1.29 is 19.1 Å². The predicted octanol–water partition coefficient (Wildman–Crippen LogP) is 3.14. The zero-order valence-corrected chi connectivity index (χ0v) is 24.6. The molecule has 45 heavy (non-hydrogen) atoms. The molecule has 4 aromatic rings. The number of rotatable bonds is 5. The first kappa shape index (κ1) is 29.9. The smallest absolute Gasteiger partial charge is 0.245 e. The van der Waals surface area contributed by atoms with Crippen LogP contribution in [0.25, 0.3) is 23.0 Å². The van der Waals surface area contributed by atoms with Crippen molar-refractivity contribution in [3.8, 4) is 23.0 Å². The second kappa shape index (κ2) is 12.8.